The van der Waals surface area contributed by atoms with E-state index in [-0.39, 0.29) is 10.7 Å². The average Bonchev–Trinajstić information content (AvgIpc) is 3.03. The van der Waals surface area contributed by atoms with Crippen molar-refractivity contribution in [3.8, 4) is 0 Å². The maximum Gasteiger partial charge on any atom is 0.249 e. The molecule has 2 aliphatic rings. The molecule has 0 spiro atoms. The summed E-state index contributed by atoms with van der Waals surface area (Å²) in [5.41, 5.74) is 5.84. The lowest BCUT2D eigenvalue weighted by Crippen LogP contribution is -2.50. The molecule has 2 fully saturated rings. The molecule has 0 aliphatic carbocycles. The number of nitrogens with zero attached hydrogens (tertiary/aromatic N) is 4. The molecule has 9 heteroatoms. The fraction of sp³-hybridized carbons (Fsp3) is 0.750. The van der Waals surface area contributed by atoms with Crippen molar-refractivity contribution in [2.75, 3.05) is 50.9 Å². The summed E-state index contributed by atoms with van der Waals surface area (Å²) in [6, 6.07) is 0.525. The molecule has 0 aromatic carbocycles. The number of hydrogen-bond donors (Lipinski definition) is 1. The predicted molar refractivity (Wildman–Crippen MR) is 84.2 cm³/mol. The van der Waals surface area contributed by atoms with Gasteiger partial charge in [0, 0.05) is 39.8 Å². The Kier molecular flexibility index (Phi) is 3.85. The van der Waals surface area contributed by atoms with Gasteiger partial charge in [-0.05, 0) is 30.9 Å². The highest BCUT2D eigenvalue weighted by Gasteiger charge is 2.35. The van der Waals surface area contributed by atoms with Crippen LogP contribution in [-0.2, 0) is 10.0 Å². The normalized spacial score (nSPS) is 23.8. The fourth-order valence-electron chi connectivity index (χ4n) is 3.09. The Balaban J connectivity index is 1.93. The highest BCUT2D eigenvalue weighted by Crippen LogP contribution is 2.37. The molecule has 21 heavy (non-hydrogen) atoms. The number of nitrogens with two attached hydrogens (primary N) is 1. The predicted octanol–water partition coefficient (Wildman–Crippen LogP) is 0.260. The summed E-state index contributed by atoms with van der Waals surface area (Å²) >= 11 is 1.19. The van der Waals surface area contributed by atoms with Gasteiger partial charge in [0.25, 0.3) is 0 Å². The van der Waals surface area contributed by atoms with Crippen molar-refractivity contribution in [3.63, 3.8) is 0 Å². The lowest BCUT2D eigenvalue weighted by atomic mass is 10.1. The minimum atomic E-state index is -3.57. The first kappa shape index (κ1) is 15.0. The van der Waals surface area contributed by atoms with E-state index in [2.05, 4.69) is 14.2 Å². The SMILES string of the molecule is CN(C)S(=O)(=O)c1c(N)nsc1N1CCN2CCCC2C1. The Morgan fingerprint density at radius 2 is 2.10 bits per heavy atom. The zero-order valence-corrected chi connectivity index (χ0v) is 14.0. The number of aromatic nitrogens is 1. The van der Waals surface area contributed by atoms with Crippen LogP contribution in [0.3, 0.4) is 0 Å². The Labute approximate surface area is 129 Å². The van der Waals surface area contributed by atoms with Crippen LogP contribution in [0.2, 0.25) is 0 Å². The van der Waals surface area contributed by atoms with Crippen LogP contribution in [0.4, 0.5) is 10.8 Å². The molecule has 1 unspecified atom stereocenters. The van der Waals surface area contributed by atoms with Crippen molar-refractivity contribution in [2.24, 2.45) is 0 Å². The van der Waals surface area contributed by atoms with Gasteiger partial charge in [-0.15, -0.1) is 0 Å². The second-order valence-electron chi connectivity index (χ2n) is 5.77. The molecule has 118 valence electrons. The molecule has 2 aliphatic heterocycles. The molecule has 3 rings (SSSR count). The molecular formula is C12H21N5O2S2. The van der Waals surface area contributed by atoms with Gasteiger partial charge in [-0.25, -0.2) is 12.7 Å². The van der Waals surface area contributed by atoms with Crippen LogP contribution in [0.5, 0.6) is 0 Å². The summed E-state index contributed by atoms with van der Waals surface area (Å²) in [7, 11) is -0.527. The van der Waals surface area contributed by atoms with Gasteiger partial charge in [0.05, 0.1) is 0 Å². The van der Waals surface area contributed by atoms with E-state index in [4.69, 9.17) is 5.73 Å². The van der Waals surface area contributed by atoms with E-state index in [0.717, 1.165) is 26.2 Å². The number of sulfonamides is 1. The summed E-state index contributed by atoms with van der Waals surface area (Å²) in [5, 5.41) is 0.688. The quantitative estimate of drug-likeness (QED) is 0.855. The number of piperazine rings is 1. The molecule has 0 saturated carbocycles. The first-order valence-electron chi connectivity index (χ1n) is 7.08. The molecule has 0 bridgehead atoms. The maximum atomic E-state index is 12.5. The van der Waals surface area contributed by atoms with Gasteiger partial charge >= 0.3 is 0 Å². The van der Waals surface area contributed by atoms with E-state index in [1.165, 1.54) is 42.8 Å². The number of hydrogen-bond acceptors (Lipinski definition) is 7. The van der Waals surface area contributed by atoms with Gasteiger partial charge < -0.3 is 10.6 Å². The monoisotopic (exact) mass is 331 g/mol. The van der Waals surface area contributed by atoms with Crippen molar-refractivity contribution < 1.29 is 8.42 Å². The van der Waals surface area contributed by atoms with Gasteiger partial charge in [-0.3, -0.25) is 4.90 Å². The standard InChI is InChI=1S/C12H21N5O2S2/c1-15(2)21(18,19)10-11(13)14-20-12(10)17-7-6-16-5-3-4-9(16)8-17/h9H,3-8H2,1-2H3,(H2,13,14). The highest BCUT2D eigenvalue weighted by molar-refractivity contribution is 7.89. The first-order valence-corrected chi connectivity index (χ1v) is 9.29. The van der Waals surface area contributed by atoms with Crippen molar-refractivity contribution >= 4 is 32.4 Å². The molecule has 1 atom stereocenters. The van der Waals surface area contributed by atoms with Crippen LogP contribution < -0.4 is 10.6 Å². The van der Waals surface area contributed by atoms with Gasteiger partial charge in [-0.1, -0.05) is 0 Å². The third kappa shape index (κ3) is 2.52. The van der Waals surface area contributed by atoms with Crippen LogP contribution in [-0.4, -0.2) is 68.3 Å². The van der Waals surface area contributed by atoms with E-state index < -0.39 is 10.0 Å². The Morgan fingerprint density at radius 3 is 2.81 bits per heavy atom. The molecule has 0 amide bonds. The molecule has 2 saturated heterocycles. The topological polar surface area (TPSA) is 82.8 Å². The van der Waals surface area contributed by atoms with E-state index in [1.54, 1.807) is 0 Å². The van der Waals surface area contributed by atoms with Crippen LogP contribution in [0.25, 0.3) is 0 Å². The van der Waals surface area contributed by atoms with Crippen molar-refractivity contribution in [3.05, 3.63) is 0 Å². The van der Waals surface area contributed by atoms with Crippen LogP contribution in [0.15, 0.2) is 4.90 Å². The lowest BCUT2D eigenvalue weighted by molar-refractivity contribution is 0.231. The number of rotatable bonds is 3. The zero-order valence-electron chi connectivity index (χ0n) is 12.3. The number of anilines is 2. The maximum absolute atomic E-state index is 12.5. The van der Waals surface area contributed by atoms with Crippen LogP contribution in [0, 0.1) is 0 Å². The summed E-state index contributed by atoms with van der Waals surface area (Å²) in [4.78, 5) is 4.79. The smallest absolute Gasteiger partial charge is 0.249 e. The molecule has 2 N–H and O–H groups in total. The molecule has 0 radical (unpaired) electrons. The summed E-state index contributed by atoms with van der Waals surface area (Å²) < 4.78 is 30.2. The minimum absolute atomic E-state index is 0.109. The van der Waals surface area contributed by atoms with E-state index in [1.807, 2.05) is 0 Å². The second kappa shape index (κ2) is 5.38. The molecule has 3 heterocycles. The highest BCUT2D eigenvalue weighted by atomic mass is 32.2. The third-order valence-electron chi connectivity index (χ3n) is 4.27. The van der Waals surface area contributed by atoms with Crippen LogP contribution >= 0.6 is 11.5 Å². The lowest BCUT2D eigenvalue weighted by Gasteiger charge is -2.38. The third-order valence-corrected chi connectivity index (χ3v) is 7.20. The summed E-state index contributed by atoms with van der Waals surface area (Å²) in [6.07, 6.45) is 2.41. The van der Waals surface area contributed by atoms with E-state index in [9.17, 15) is 8.42 Å². The molecule has 7 nitrogen and oxygen atoms in total. The molecule has 1 aromatic heterocycles. The van der Waals surface area contributed by atoms with Gasteiger partial charge in [0.15, 0.2) is 10.7 Å². The zero-order chi connectivity index (χ0) is 15.2. The number of fused-ring (bicyclic) bond motifs is 1. The summed E-state index contributed by atoms with van der Waals surface area (Å²) in [5.74, 6) is 0.109. The fourth-order valence-corrected chi connectivity index (χ4v) is 5.34. The van der Waals surface area contributed by atoms with E-state index >= 15 is 0 Å². The first-order chi connectivity index (χ1) is 9.91. The van der Waals surface area contributed by atoms with Gasteiger partial charge in [0.1, 0.15) is 5.00 Å². The van der Waals surface area contributed by atoms with E-state index in [0.29, 0.717) is 11.0 Å². The van der Waals surface area contributed by atoms with Crippen molar-refractivity contribution in [1.82, 2.24) is 13.6 Å². The molecular weight excluding hydrogens is 310 g/mol. The number of nitrogen functional groups attached to an aromatic ring is 1. The average molecular weight is 331 g/mol. The van der Waals surface area contributed by atoms with Crippen molar-refractivity contribution in [1.29, 1.82) is 0 Å². The second-order valence-corrected chi connectivity index (χ2v) is 8.61. The summed E-state index contributed by atoms with van der Waals surface area (Å²) in [6.45, 7) is 3.82. The largest absolute Gasteiger partial charge is 0.382 e. The van der Waals surface area contributed by atoms with Crippen LogP contribution in [0.1, 0.15) is 12.8 Å². The Hall–Kier alpha value is -0.900. The van der Waals surface area contributed by atoms with Gasteiger partial charge in [-0.2, -0.15) is 4.37 Å². The Morgan fingerprint density at radius 1 is 1.33 bits per heavy atom. The van der Waals surface area contributed by atoms with Gasteiger partial charge in [0.2, 0.25) is 10.0 Å². The molecule has 1 aromatic rings. The Bertz CT molecular complexity index is 628. The minimum Gasteiger partial charge on any atom is -0.382 e. The van der Waals surface area contributed by atoms with Crippen molar-refractivity contribution in [2.45, 2.75) is 23.8 Å².